The maximum absolute atomic E-state index is 11.1. The quantitative estimate of drug-likeness (QED) is 0.861. The van der Waals surface area contributed by atoms with Crippen molar-refractivity contribution in [1.29, 1.82) is 0 Å². The Labute approximate surface area is 86.2 Å². The van der Waals surface area contributed by atoms with Crippen LogP contribution in [0.25, 0.3) is 0 Å². The van der Waals surface area contributed by atoms with Gasteiger partial charge in [-0.25, -0.2) is 0 Å². The van der Waals surface area contributed by atoms with E-state index in [4.69, 9.17) is 5.11 Å². The fourth-order valence-corrected chi connectivity index (χ4v) is 1.90. The zero-order valence-electron chi connectivity index (χ0n) is 6.60. The van der Waals surface area contributed by atoms with Gasteiger partial charge in [0.1, 0.15) is 0 Å². The summed E-state index contributed by atoms with van der Waals surface area (Å²) in [5.74, 6) is -0.298. The van der Waals surface area contributed by atoms with Crippen LogP contribution in [-0.4, -0.2) is 39.6 Å². The molecule has 0 amide bonds. The molecule has 2 nitrogen and oxygen atoms in total. The number of carbonyl (C=O) groups is 1. The van der Waals surface area contributed by atoms with Crippen molar-refractivity contribution in [2.75, 3.05) is 6.61 Å². The van der Waals surface area contributed by atoms with E-state index in [0.717, 1.165) is 5.56 Å². The van der Waals surface area contributed by atoms with Gasteiger partial charge in [0, 0.05) is 0 Å². The minimum atomic E-state index is -0.298. The van der Waals surface area contributed by atoms with Gasteiger partial charge in [-0.3, -0.25) is 0 Å². The Kier molecular flexibility index (Phi) is 3.82. The molecule has 3 heteroatoms. The summed E-state index contributed by atoms with van der Waals surface area (Å²) in [4.78, 5) is 11.1. The van der Waals surface area contributed by atoms with Crippen molar-refractivity contribution in [3.63, 3.8) is 0 Å². The summed E-state index contributed by atoms with van der Waals surface area (Å²) in [6.45, 7) is -0.0793. The van der Waals surface area contributed by atoms with Crippen molar-refractivity contribution < 1.29 is 9.90 Å². The molecule has 0 saturated heterocycles. The monoisotopic (exact) mass is 264 g/mol. The third-order valence-electron chi connectivity index (χ3n) is 1.73. The first kappa shape index (κ1) is 9.81. The number of hydrogen-bond donors (Lipinski definition) is 1. The zero-order chi connectivity index (χ0) is 8.97. The van der Waals surface area contributed by atoms with Crippen LogP contribution in [0, 0.1) is 0 Å². The molecule has 0 bridgehead atoms. The molecule has 2 radical (unpaired) electrons. The fraction of sp³-hybridized carbons (Fsp3) is 0.222. The third-order valence-corrected chi connectivity index (χ3v) is 2.88. The van der Waals surface area contributed by atoms with Gasteiger partial charge in [0.05, 0.1) is 0 Å². The minimum absolute atomic E-state index is 0.0793. The van der Waals surface area contributed by atoms with E-state index in [1.165, 1.54) is 0 Å². The number of aliphatic hydroxyl groups is 1. The summed E-state index contributed by atoms with van der Waals surface area (Å²) in [5, 5.41) is 8.95. The molecule has 0 aliphatic rings. The Balaban J connectivity index is 2.88. The molecule has 1 rings (SSSR count). The van der Waals surface area contributed by atoms with E-state index < -0.39 is 0 Å². The normalized spacial score (nSPS) is 12.4. The van der Waals surface area contributed by atoms with Gasteiger partial charge in [-0.2, -0.15) is 0 Å². The van der Waals surface area contributed by atoms with E-state index >= 15 is 0 Å². The molecular formula is C9H9InO2. The molecule has 0 aromatic heterocycles. The fourth-order valence-electron chi connectivity index (χ4n) is 1.04. The van der Waals surface area contributed by atoms with Gasteiger partial charge < -0.3 is 0 Å². The zero-order valence-corrected chi connectivity index (χ0v) is 9.90. The second-order valence-electron chi connectivity index (χ2n) is 2.55. The van der Waals surface area contributed by atoms with Crippen molar-refractivity contribution in [3.8, 4) is 0 Å². The molecule has 1 atom stereocenters. The number of hydrogen-bond acceptors (Lipinski definition) is 2. The second kappa shape index (κ2) is 4.67. The van der Waals surface area contributed by atoms with Crippen LogP contribution in [0.15, 0.2) is 30.3 Å². The van der Waals surface area contributed by atoms with Gasteiger partial charge >= 0.3 is 86.2 Å². The molecule has 1 unspecified atom stereocenters. The van der Waals surface area contributed by atoms with Crippen molar-refractivity contribution in [2.45, 2.75) is 5.92 Å². The second-order valence-corrected chi connectivity index (χ2v) is 4.17. The van der Waals surface area contributed by atoms with Crippen LogP contribution in [0.3, 0.4) is 0 Å². The van der Waals surface area contributed by atoms with Crippen molar-refractivity contribution in [3.05, 3.63) is 35.9 Å². The van der Waals surface area contributed by atoms with Crippen LogP contribution in [0.5, 0.6) is 0 Å². The molecule has 1 aromatic carbocycles. The average molecular weight is 264 g/mol. The first-order valence-electron chi connectivity index (χ1n) is 3.71. The number of benzene rings is 1. The van der Waals surface area contributed by atoms with Crippen molar-refractivity contribution in [1.82, 2.24) is 0 Å². The van der Waals surface area contributed by atoms with E-state index in [-0.39, 0.29) is 16.1 Å². The third kappa shape index (κ3) is 2.35. The predicted octanol–water partition coefficient (Wildman–Crippen LogP) is 0.458. The van der Waals surface area contributed by atoms with Crippen molar-refractivity contribution in [2.24, 2.45) is 0 Å². The Hall–Kier alpha value is -0.280. The Morgan fingerprint density at radius 2 is 2.00 bits per heavy atom. The molecule has 1 N–H and O–H groups in total. The van der Waals surface area contributed by atoms with Gasteiger partial charge in [0.25, 0.3) is 0 Å². The Bertz CT molecular complexity index is 258. The number of carbonyl (C=O) groups excluding carboxylic acids is 1. The first-order valence-corrected chi connectivity index (χ1v) is 5.35. The topological polar surface area (TPSA) is 37.3 Å². The van der Waals surface area contributed by atoms with Crippen molar-refractivity contribution >= 4 is 27.9 Å². The summed E-state index contributed by atoms with van der Waals surface area (Å²) in [6, 6.07) is 9.39. The predicted molar refractivity (Wildman–Crippen MR) is 47.0 cm³/mol. The molecule has 0 aliphatic carbocycles. The van der Waals surface area contributed by atoms with E-state index in [1.807, 2.05) is 30.3 Å². The van der Waals surface area contributed by atoms with E-state index in [0.29, 0.717) is 24.4 Å². The van der Waals surface area contributed by atoms with Crippen LogP contribution in [-0.2, 0) is 4.79 Å². The first-order chi connectivity index (χ1) is 5.75. The Morgan fingerprint density at radius 1 is 1.42 bits per heavy atom. The van der Waals surface area contributed by atoms with Gasteiger partial charge in [0.15, 0.2) is 0 Å². The average Bonchev–Trinajstić information content (AvgIpc) is 2.07. The molecule has 0 fully saturated rings. The summed E-state index contributed by atoms with van der Waals surface area (Å²) in [5.41, 5.74) is 0.914. The van der Waals surface area contributed by atoms with Crippen LogP contribution < -0.4 is 0 Å². The van der Waals surface area contributed by atoms with Gasteiger partial charge in [-0.15, -0.1) is 0 Å². The number of rotatable bonds is 3. The van der Waals surface area contributed by atoms with Gasteiger partial charge in [-0.05, 0) is 0 Å². The van der Waals surface area contributed by atoms with E-state index in [9.17, 15) is 4.79 Å². The molecule has 0 aliphatic heterocycles. The molecule has 0 saturated carbocycles. The summed E-state index contributed by atoms with van der Waals surface area (Å²) >= 11 is 0.561. The van der Waals surface area contributed by atoms with Crippen LogP contribution in [0.2, 0.25) is 0 Å². The van der Waals surface area contributed by atoms with Crippen LogP contribution >= 0.6 is 0 Å². The molecule has 0 spiro atoms. The molecule has 60 valence electrons. The number of aliphatic hydroxyl groups excluding tert-OH is 1. The van der Waals surface area contributed by atoms with Gasteiger partial charge in [0.2, 0.25) is 0 Å². The maximum atomic E-state index is 11.1. The molecular weight excluding hydrogens is 255 g/mol. The summed E-state index contributed by atoms with van der Waals surface area (Å²) < 4.78 is 0.133. The molecule has 12 heavy (non-hydrogen) atoms. The van der Waals surface area contributed by atoms with E-state index in [1.54, 1.807) is 0 Å². The molecule has 0 heterocycles. The standard InChI is InChI=1S/C9H9O2.In/c10-6-9(7-11)8-4-2-1-3-5-8;/h1-5,9-10H,6H2;. The summed E-state index contributed by atoms with van der Waals surface area (Å²) in [6.07, 6.45) is 0. The SMILES string of the molecule is O=[C]([In])C(CO)c1ccccc1. The summed E-state index contributed by atoms with van der Waals surface area (Å²) in [7, 11) is 0. The van der Waals surface area contributed by atoms with Gasteiger partial charge in [-0.1, -0.05) is 0 Å². The van der Waals surface area contributed by atoms with Crippen LogP contribution in [0.1, 0.15) is 11.5 Å². The molecule has 1 aromatic rings. The van der Waals surface area contributed by atoms with E-state index in [2.05, 4.69) is 0 Å². The Morgan fingerprint density at radius 3 is 2.42 bits per heavy atom. The van der Waals surface area contributed by atoms with Crippen LogP contribution in [0.4, 0.5) is 0 Å².